The topological polar surface area (TPSA) is 51.6 Å². The van der Waals surface area contributed by atoms with Gasteiger partial charge in [0, 0.05) is 29.7 Å². The zero-order valence-electron chi connectivity index (χ0n) is 19.4. The Labute approximate surface area is 195 Å². The van der Waals surface area contributed by atoms with Crippen molar-refractivity contribution >= 4 is 23.0 Å². The van der Waals surface area contributed by atoms with E-state index < -0.39 is 0 Å². The zero-order chi connectivity index (χ0) is 23.0. The van der Waals surface area contributed by atoms with Crippen LogP contribution >= 0.6 is 12.2 Å². The molecule has 0 saturated carbocycles. The van der Waals surface area contributed by atoms with Crippen LogP contribution in [-0.2, 0) is 0 Å². The lowest BCUT2D eigenvalue weighted by Gasteiger charge is -2.29. The van der Waals surface area contributed by atoms with Gasteiger partial charge in [-0.25, -0.2) is 0 Å². The maximum atomic E-state index is 5.88. The molecule has 2 atom stereocenters. The summed E-state index contributed by atoms with van der Waals surface area (Å²) in [6.07, 6.45) is 1.82. The van der Waals surface area contributed by atoms with Crippen molar-refractivity contribution in [1.82, 2.24) is 14.9 Å². The Kier molecular flexibility index (Phi) is 6.11. The second-order valence-corrected chi connectivity index (χ2v) is 8.71. The van der Waals surface area contributed by atoms with Crippen molar-refractivity contribution in [3.8, 4) is 11.5 Å². The number of benzene rings is 1. The average Bonchev–Trinajstić information content (AvgIpc) is 3.28. The predicted octanol–water partition coefficient (Wildman–Crippen LogP) is 5.28. The number of thiocarbonyl (C=S) groups is 1. The molecule has 6 nitrogen and oxygen atoms in total. The van der Waals surface area contributed by atoms with Gasteiger partial charge in [0.1, 0.15) is 11.5 Å². The lowest BCUT2D eigenvalue weighted by atomic mass is 9.96. The van der Waals surface area contributed by atoms with Crippen LogP contribution in [0.4, 0.5) is 5.69 Å². The van der Waals surface area contributed by atoms with Gasteiger partial charge in [0.25, 0.3) is 0 Å². The van der Waals surface area contributed by atoms with Gasteiger partial charge in [-0.1, -0.05) is 6.07 Å². The summed E-state index contributed by atoms with van der Waals surface area (Å²) in [6, 6.07) is 14.2. The molecule has 0 radical (unpaired) electrons. The highest BCUT2D eigenvalue weighted by Crippen LogP contribution is 2.47. The SMILES string of the molecule is COc1ccc(OC)c(N2C(=S)N[C@H](c3ccccn3)[C@@H]2c2cc(C)n(C(C)C)c2C)c1. The number of aromatic nitrogens is 2. The highest BCUT2D eigenvalue weighted by Gasteiger charge is 2.43. The quantitative estimate of drug-likeness (QED) is 0.516. The molecule has 0 unspecified atom stereocenters. The number of hydrogen-bond donors (Lipinski definition) is 1. The van der Waals surface area contributed by atoms with Gasteiger partial charge in [-0.3, -0.25) is 4.98 Å². The molecule has 3 heterocycles. The Bertz CT molecular complexity index is 1130. The number of nitrogens with one attached hydrogen (secondary N) is 1. The third kappa shape index (κ3) is 3.71. The van der Waals surface area contributed by atoms with Gasteiger partial charge in [-0.2, -0.15) is 0 Å². The molecular formula is C25H30N4O2S. The lowest BCUT2D eigenvalue weighted by Crippen LogP contribution is -2.30. The van der Waals surface area contributed by atoms with Crippen LogP contribution in [0.25, 0.3) is 0 Å². The minimum Gasteiger partial charge on any atom is -0.497 e. The van der Waals surface area contributed by atoms with Gasteiger partial charge in [0.05, 0.1) is 37.7 Å². The number of nitrogens with zero attached hydrogens (tertiary/aromatic N) is 3. The summed E-state index contributed by atoms with van der Waals surface area (Å²) in [6.45, 7) is 8.75. The van der Waals surface area contributed by atoms with Crippen molar-refractivity contribution in [1.29, 1.82) is 0 Å². The van der Waals surface area contributed by atoms with E-state index in [0.29, 0.717) is 11.2 Å². The fourth-order valence-electron chi connectivity index (χ4n) is 4.81. The monoisotopic (exact) mass is 450 g/mol. The van der Waals surface area contributed by atoms with Crippen molar-refractivity contribution in [2.24, 2.45) is 0 Å². The van der Waals surface area contributed by atoms with Crippen LogP contribution in [0.2, 0.25) is 0 Å². The Balaban J connectivity index is 1.94. The summed E-state index contributed by atoms with van der Waals surface area (Å²) in [5.74, 6) is 1.48. The molecule has 1 N–H and O–H groups in total. The predicted molar refractivity (Wildman–Crippen MR) is 132 cm³/mol. The Morgan fingerprint density at radius 2 is 1.84 bits per heavy atom. The first-order valence-corrected chi connectivity index (χ1v) is 11.2. The minimum atomic E-state index is -0.110. The van der Waals surface area contributed by atoms with Gasteiger partial charge in [-0.15, -0.1) is 0 Å². The maximum Gasteiger partial charge on any atom is 0.174 e. The van der Waals surface area contributed by atoms with E-state index in [1.807, 2.05) is 42.6 Å². The van der Waals surface area contributed by atoms with Crippen LogP contribution in [0.3, 0.4) is 0 Å². The average molecular weight is 451 g/mol. The molecule has 1 aliphatic heterocycles. The first-order chi connectivity index (χ1) is 15.4. The van der Waals surface area contributed by atoms with Gasteiger partial charge in [0.15, 0.2) is 5.11 Å². The van der Waals surface area contributed by atoms with E-state index in [9.17, 15) is 0 Å². The molecule has 0 amide bonds. The van der Waals surface area contributed by atoms with E-state index in [2.05, 4.69) is 53.5 Å². The summed E-state index contributed by atoms with van der Waals surface area (Å²) in [5, 5.41) is 4.16. The van der Waals surface area contributed by atoms with E-state index in [0.717, 1.165) is 22.9 Å². The first-order valence-electron chi connectivity index (χ1n) is 10.8. The molecule has 32 heavy (non-hydrogen) atoms. The highest BCUT2D eigenvalue weighted by atomic mass is 32.1. The summed E-state index contributed by atoms with van der Waals surface area (Å²) in [7, 11) is 3.34. The van der Waals surface area contributed by atoms with E-state index in [1.54, 1.807) is 14.2 Å². The van der Waals surface area contributed by atoms with Gasteiger partial charge >= 0.3 is 0 Å². The van der Waals surface area contributed by atoms with Crippen LogP contribution in [0.5, 0.6) is 11.5 Å². The molecule has 0 spiro atoms. The normalized spacial score (nSPS) is 18.2. The van der Waals surface area contributed by atoms with Crippen LogP contribution in [-0.4, -0.2) is 28.9 Å². The molecule has 168 valence electrons. The number of rotatable bonds is 6. The van der Waals surface area contributed by atoms with Crippen molar-refractivity contribution in [3.63, 3.8) is 0 Å². The fraction of sp³-hybridized carbons (Fsp3) is 0.360. The lowest BCUT2D eigenvalue weighted by molar-refractivity contribution is 0.403. The molecule has 0 aliphatic carbocycles. The van der Waals surface area contributed by atoms with E-state index in [1.165, 1.54) is 17.0 Å². The van der Waals surface area contributed by atoms with Crippen LogP contribution < -0.4 is 19.7 Å². The number of methoxy groups -OCH3 is 2. The van der Waals surface area contributed by atoms with Crippen molar-refractivity contribution in [3.05, 3.63) is 71.3 Å². The molecule has 1 aliphatic rings. The standard InChI is InChI=1S/C25H30N4O2S/c1-15(2)28-16(3)13-19(17(28)4)24-23(20-9-7-8-12-26-20)27-25(32)29(24)21-14-18(30-5)10-11-22(21)31-6/h7-15,23-24H,1-6H3,(H,27,32)/t23-,24+/m1/s1. The molecule has 3 aromatic rings. The second kappa shape index (κ2) is 8.82. The van der Waals surface area contributed by atoms with Crippen molar-refractivity contribution in [2.75, 3.05) is 19.1 Å². The molecular weight excluding hydrogens is 420 g/mol. The molecule has 2 aromatic heterocycles. The van der Waals surface area contributed by atoms with Gasteiger partial charge in [0.2, 0.25) is 0 Å². The van der Waals surface area contributed by atoms with Crippen LogP contribution in [0.15, 0.2) is 48.7 Å². The van der Waals surface area contributed by atoms with E-state index >= 15 is 0 Å². The molecule has 1 fully saturated rings. The maximum absolute atomic E-state index is 5.88. The largest absolute Gasteiger partial charge is 0.497 e. The summed E-state index contributed by atoms with van der Waals surface area (Å²) in [5.41, 5.74) is 5.47. The first kappa shape index (κ1) is 22.1. The smallest absolute Gasteiger partial charge is 0.174 e. The number of aryl methyl sites for hydroxylation is 1. The fourth-order valence-corrected chi connectivity index (χ4v) is 5.15. The van der Waals surface area contributed by atoms with Crippen molar-refractivity contribution in [2.45, 2.75) is 45.8 Å². The third-order valence-electron chi connectivity index (χ3n) is 6.10. The van der Waals surface area contributed by atoms with Crippen LogP contribution in [0, 0.1) is 13.8 Å². The summed E-state index contributed by atoms with van der Waals surface area (Å²) >= 11 is 5.88. The number of anilines is 1. The summed E-state index contributed by atoms with van der Waals surface area (Å²) < 4.78 is 13.6. The zero-order valence-corrected chi connectivity index (χ0v) is 20.2. The third-order valence-corrected chi connectivity index (χ3v) is 6.42. The van der Waals surface area contributed by atoms with E-state index in [4.69, 9.17) is 21.7 Å². The molecule has 7 heteroatoms. The molecule has 1 aromatic carbocycles. The minimum absolute atomic E-state index is 0.0999. The number of hydrogen-bond acceptors (Lipinski definition) is 4. The van der Waals surface area contributed by atoms with Crippen LogP contribution in [0.1, 0.15) is 54.6 Å². The number of ether oxygens (including phenoxy) is 2. The van der Waals surface area contributed by atoms with E-state index in [-0.39, 0.29) is 12.1 Å². The Morgan fingerprint density at radius 1 is 1.06 bits per heavy atom. The molecule has 1 saturated heterocycles. The Hall–Kier alpha value is -3.06. The van der Waals surface area contributed by atoms with Gasteiger partial charge in [-0.05, 0) is 75.8 Å². The second-order valence-electron chi connectivity index (χ2n) is 8.32. The number of pyridine rings is 1. The molecule has 0 bridgehead atoms. The highest BCUT2D eigenvalue weighted by molar-refractivity contribution is 7.80. The van der Waals surface area contributed by atoms with Crippen molar-refractivity contribution < 1.29 is 9.47 Å². The Morgan fingerprint density at radius 3 is 2.44 bits per heavy atom. The molecule has 4 rings (SSSR count). The van der Waals surface area contributed by atoms with Gasteiger partial charge < -0.3 is 24.3 Å². The summed E-state index contributed by atoms with van der Waals surface area (Å²) in [4.78, 5) is 6.80.